The Kier molecular flexibility index (Phi) is 4.53. The van der Waals surface area contributed by atoms with Crippen LogP contribution in [-0.4, -0.2) is 25.2 Å². The Labute approximate surface area is 114 Å². The Hall–Kier alpha value is -0.500. The quantitative estimate of drug-likeness (QED) is 0.881. The molecule has 0 spiro atoms. The Bertz CT molecular complexity index is 543. The number of aliphatic hydroxyl groups excluding tert-OH is 1. The largest absolute Gasteiger partial charge is 0.391 e. The van der Waals surface area contributed by atoms with Gasteiger partial charge in [-0.1, -0.05) is 15.9 Å². The molecule has 1 atom stereocenters. The molecule has 0 saturated heterocycles. The van der Waals surface area contributed by atoms with Crippen LogP contribution >= 0.6 is 15.9 Å². The van der Waals surface area contributed by atoms with Crippen LogP contribution in [-0.2, 0) is 10.0 Å². The number of halogens is 2. The molecule has 0 aliphatic carbocycles. The lowest BCUT2D eigenvalue weighted by Crippen LogP contribution is -2.50. The first-order valence-corrected chi connectivity index (χ1v) is 7.51. The Morgan fingerprint density at radius 3 is 2.44 bits per heavy atom. The molecule has 0 aromatic heterocycles. The fourth-order valence-corrected chi connectivity index (χ4v) is 3.05. The SMILES string of the molecule is CC(O)C(C)(C)NS(=O)(=O)c1ccc(Br)cc1F. The third-order valence-corrected chi connectivity index (χ3v) is 4.82. The summed E-state index contributed by atoms with van der Waals surface area (Å²) in [4.78, 5) is -0.445. The van der Waals surface area contributed by atoms with Gasteiger partial charge in [-0.3, -0.25) is 0 Å². The lowest BCUT2D eigenvalue weighted by atomic mass is 10.0. The van der Waals surface area contributed by atoms with E-state index in [9.17, 15) is 17.9 Å². The van der Waals surface area contributed by atoms with Gasteiger partial charge in [0.2, 0.25) is 10.0 Å². The molecule has 2 N–H and O–H groups in total. The summed E-state index contributed by atoms with van der Waals surface area (Å²) in [7, 11) is -4.02. The second-order valence-corrected chi connectivity index (χ2v) is 7.14. The molecule has 7 heteroatoms. The minimum absolute atomic E-state index is 0.445. The summed E-state index contributed by atoms with van der Waals surface area (Å²) in [6.45, 7) is 4.50. The molecule has 1 aromatic rings. The van der Waals surface area contributed by atoms with E-state index in [4.69, 9.17) is 0 Å². The highest BCUT2D eigenvalue weighted by atomic mass is 79.9. The van der Waals surface area contributed by atoms with Crippen molar-refractivity contribution in [3.8, 4) is 0 Å². The molecule has 4 nitrogen and oxygen atoms in total. The first-order valence-electron chi connectivity index (χ1n) is 5.23. The van der Waals surface area contributed by atoms with Crippen LogP contribution in [0.1, 0.15) is 20.8 Å². The van der Waals surface area contributed by atoms with Gasteiger partial charge in [-0.25, -0.2) is 17.5 Å². The summed E-state index contributed by atoms with van der Waals surface area (Å²) in [6, 6.07) is 3.68. The molecule has 0 heterocycles. The van der Waals surface area contributed by atoms with Gasteiger partial charge in [-0.2, -0.15) is 0 Å². The number of hydrogen-bond donors (Lipinski definition) is 2. The maximum atomic E-state index is 13.6. The second kappa shape index (κ2) is 5.24. The number of nitrogens with one attached hydrogen (secondary N) is 1. The fourth-order valence-electron chi connectivity index (χ4n) is 1.18. The van der Waals surface area contributed by atoms with Gasteiger partial charge >= 0.3 is 0 Å². The molecular formula is C11H15BrFNO3S. The number of hydrogen-bond acceptors (Lipinski definition) is 3. The van der Waals surface area contributed by atoms with E-state index < -0.39 is 32.4 Å². The first-order chi connectivity index (χ1) is 8.06. The molecule has 1 rings (SSSR count). The van der Waals surface area contributed by atoms with Gasteiger partial charge in [0.05, 0.1) is 11.6 Å². The number of aliphatic hydroxyl groups is 1. The summed E-state index contributed by atoms with van der Waals surface area (Å²) in [6.07, 6.45) is -0.911. The van der Waals surface area contributed by atoms with Gasteiger partial charge in [0.1, 0.15) is 10.7 Å². The van der Waals surface area contributed by atoms with Crippen LogP contribution < -0.4 is 4.72 Å². The fraction of sp³-hybridized carbons (Fsp3) is 0.455. The van der Waals surface area contributed by atoms with Crippen molar-refractivity contribution in [1.29, 1.82) is 0 Å². The minimum Gasteiger partial charge on any atom is -0.391 e. The van der Waals surface area contributed by atoms with Gasteiger partial charge in [0.25, 0.3) is 0 Å². The number of sulfonamides is 1. The zero-order valence-electron chi connectivity index (χ0n) is 10.2. The highest BCUT2D eigenvalue weighted by molar-refractivity contribution is 9.10. The van der Waals surface area contributed by atoms with Gasteiger partial charge in [0.15, 0.2) is 0 Å². The molecule has 0 fully saturated rings. The summed E-state index contributed by atoms with van der Waals surface area (Å²) >= 11 is 3.05. The molecule has 0 saturated carbocycles. The molecule has 1 aromatic carbocycles. The zero-order valence-corrected chi connectivity index (χ0v) is 12.6. The van der Waals surface area contributed by atoms with Crippen molar-refractivity contribution in [3.63, 3.8) is 0 Å². The highest BCUT2D eigenvalue weighted by Gasteiger charge is 2.31. The predicted octanol–water partition coefficient (Wildman–Crippen LogP) is 2.03. The molecule has 0 amide bonds. The zero-order chi connectivity index (χ0) is 14.1. The van der Waals surface area contributed by atoms with Gasteiger partial charge in [-0.15, -0.1) is 0 Å². The van der Waals surface area contributed by atoms with Crippen LogP contribution in [0.15, 0.2) is 27.6 Å². The van der Waals surface area contributed by atoms with Crippen LogP contribution in [0.25, 0.3) is 0 Å². The summed E-state index contributed by atoms with van der Waals surface area (Å²) in [5, 5.41) is 9.48. The Balaban J connectivity index is 3.15. The van der Waals surface area contributed by atoms with Crippen LogP contribution in [0, 0.1) is 5.82 Å². The normalized spacial score (nSPS) is 14.6. The van der Waals surface area contributed by atoms with Gasteiger partial charge < -0.3 is 5.11 Å². The molecule has 0 bridgehead atoms. The van der Waals surface area contributed by atoms with E-state index in [1.54, 1.807) is 0 Å². The van der Waals surface area contributed by atoms with Crippen LogP contribution in [0.3, 0.4) is 0 Å². The molecule has 102 valence electrons. The lowest BCUT2D eigenvalue weighted by Gasteiger charge is -2.28. The molecule has 0 aliphatic heterocycles. The van der Waals surface area contributed by atoms with Crippen LogP contribution in [0.2, 0.25) is 0 Å². The van der Waals surface area contributed by atoms with Crippen molar-refractivity contribution < 1.29 is 17.9 Å². The minimum atomic E-state index is -4.02. The topological polar surface area (TPSA) is 66.4 Å². The maximum Gasteiger partial charge on any atom is 0.244 e. The van der Waals surface area contributed by atoms with Gasteiger partial charge in [0, 0.05) is 4.47 Å². The standard InChI is InChI=1S/C11H15BrFNO3S/c1-7(15)11(2,3)14-18(16,17)10-5-4-8(12)6-9(10)13/h4-7,14-15H,1-3H3. The average molecular weight is 340 g/mol. The highest BCUT2D eigenvalue weighted by Crippen LogP contribution is 2.21. The summed E-state index contributed by atoms with van der Waals surface area (Å²) < 4.78 is 40.4. The van der Waals surface area contributed by atoms with Crippen molar-refractivity contribution in [2.24, 2.45) is 0 Å². The first kappa shape index (κ1) is 15.6. The predicted molar refractivity (Wildman–Crippen MR) is 70.2 cm³/mol. The van der Waals surface area contributed by atoms with E-state index in [0.29, 0.717) is 4.47 Å². The van der Waals surface area contributed by atoms with E-state index in [1.807, 2.05) is 0 Å². The van der Waals surface area contributed by atoms with E-state index >= 15 is 0 Å². The monoisotopic (exact) mass is 339 g/mol. The number of rotatable bonds is 4. The van der Waals surface area contributed by atoms with E-state index in [-0.39, 0.29) is 0 Å². The van der Waals surface area contributed by atoms with Crippen molar-refractivity contribution in [2.75, 3.05) is 0 Å². The molecule has 1 unspecified atom stereocenters. The van der Waals surface area contributed by atoms with E-state index in [1.165, 1.54) is 32.9 Å². The van der Waals surface area contributed by atoms with Crippen LogP contribution in [0.5, 0.6) is 0 Å². The molecule has 18 heavy (non-hydrogen) atoms. The average Bonchev–Trinajstić information content (AvgIpc) is 2.14. The summed E-state index contributed by atoms with van der Waals surface area (Å²) in [5.41, 5.74) is -1.08. The smallest absolute Gasteiger partial charge is 0.244 e. The Morgan fingerprint density at radius 2 is 2.00 bits per heavy atom. The van der Waals surface area contributed by atoms with Crippen LogP contribution in [0.4, 0.5) is 4.39 Å². The van der Waals surface area contributed by atoms with Crippen molar-refractivity contribution in [1.82, 2.24) is 4.72 Å². The lowest BCUT2D eigenvalue weighted by molar-refractivity contribution is 0.111. The van der Waals surface area contributed by atoms with Crippen molar-refractivity contribution >= 4 is 26.0 Å². The third kappa shape index (κ3) is 3.50. The van der Waals surface area contributed by atoms with Gasteiger partial charge in [-0.05, 0) is 39.0 Å². The van der Waals surface area contributed by atoms with Crippen molar-refractivity contribution in [2.45, 2.75) is 37.3 Å². The molecular weight excluding hydrogens is 325 g/mol. The van der Waals surface area contributed by atoms with Crippen molar-refractivity contribution in [3.05, 3.63) is 28.5 Å². The number of benzene rings is 1. The molecule has 0 radical (unpaired) electrons. The molecule has 0 aliphatic rings. The second-order valence-electron chi connectivity index (χ2n) is 4.58. The van der Waals surface area contributed by atoms with E-state index in [2.05, 4.69) is 20.7 Å². The Morgan fingerprint density at radius 1 is 1.44 bits per heavy atom. The maximum absolute atomic E-state index is 13.6. The van der Waals surface area contributed by atoms with E-state index in [0.717, 1.165) is 6.07 Å². The third-order valence-electron chi connectivity index (χ3n) is 2.63. The summed E-state index contributed by atoms with van der Waals surface area (Å²) in [5.74, 6) is -0.849.